The zero-order valence-electron chi connectivity index (χ0n) is 38.9. The second-order valence-electron chi connectivity index (χ2n) is 15.9. The van der Waals surface area contributed by atoms with Crippen LogP contribution in [-0.4, -0.2) is 49.3 Å². The largest absolute Gasteiger partial charge is 0.472 e. The maximum atomic E-state index is 12.6. The maximum Gasteiger partial charge on any atom is 0.472 e. The summed E-state index contributed by atoms with van der Waals surface area (Å²) in [6.45, 7) is 3.58. The van der Waals surface area contributed by atoms with Gasteiger partial charge in [-0.3, -0.25) is 18.6 Å². The number of rotatable bonds is 45. The van der Waals surface area contributed by atoms with Crippen LogP contribution in [0.5, 0.6) is 0 Å². The van der Waals surface area contributed by atoms with Gasteiger partial charge in [-0.25, -0.2) is 4.57 Å². The van der Waals surface area contributed by atoms with Gasteiger partial charge >= 0.3 is 19.8 Å². The number of carbonyl (C=O) groups excluding carboxylic acids is 2. The van der Waals surface area contributed by atoms with Crippen LogP contribution in [0.3, 0.4) is 0 Å². The van der Waals surface area contributed by atoms with Crippen molar-refractivity contribution in [3.8, 4) is 0 Å². The zero-order valence-corrected chi connectivity index (χ0v) is 39.8. The summed E-state index contributed by atoms with van der Waals surface area (Å²) in [4.78, 5) is 35.0. The van der Waals surface area contributed by atoms with Crippen LogP contribution in [0.2, 0.25) is 0 Å². The molecule has 2 atom stereocenters. The summed E-state index contributed by atoms with van der Waals surface area (Å²) >= 11 is 0. The summed E-state index contributed by atoms with van der Waals surface area (Å²) in [6, 6.07) is 0. The summed E-state index contributed by atoms with van der Waals surface area (Å²) in [7, 11) is -4.39. The quantitative estimate of drug-likeness (QED) is 0.0265. The van der Waals surface area contributed by atoms with Gasteiger partial charge in [0.1, 0.15) is 6.61 Å². The third-order valence-electron chi connectivity index (χ3n) is 10.1. The molecule has 0 amide bonds. The third kappa shape index (κ3) is 46.8. The second kappa shape index (κ2) is 46.9. The minimum atomic E-state index is -4.39. The van der Waals surface area contributed by atoms with Gasteiger partial charge in [-0.2, -0.15) is 0 Å². The lowest BCUT2D eigenvalue weighted by Crippen LogP contribution is -2.29. The molecule has 10 heteroatoms. The Morgan fingerprint density at radius 2 is 0.902 bits per heavy atom. The van der Waals surface area contributed by atoms with Crippen LogP contribution in [-0.2, 0) is 32.7 Å². The molecular formula is C51H90NO8P. The number of hydrogen-bond donors (Lipinski definition) is 2. The van der Waals surface area contributed by atoms with Crippen molar-refractivity contribution >= 4 is 19.8 Å². The van der Waals surface area contributed by atoms with Crippen molar-refractivity contribution in [3.05, 3.63) is 72.9 Å². The molecule has 352 valence electrons. The van der Waals surface area contributed by atoms with E-state index in [0.29, 0.717) is 6.42 Å². The highest BCUT2D eigenvalue weighted by atomic mass is 31.2. The molecule has 0 saturated heterocycles. The number of carbonyl (C=O) groups is 2. The van der Waals surface area contributed by atoms with Crippen LogP contribution in [0.1, 0.15) is 206 Å². The van der Waals surface area contributed by atoms with Crippen molar-refractivity contribution in [2.75, 3.05) is 26.4 Å². The molecule has 0 spiro atoms. The van der Waals surface area contributed by atoms with E-state index in [9.17, 15) is 19.0 Å². The Labute approximate surface area is 373 Å². The fourth-order valence-electron chi connectivity index (χ4n) is 6.48. The minimum Gasteiger partial charge on any atom is -0.462 e. The number of phosphoric ester groups is 1. The molecular weight excluding hydrogens is 786 g/mol. The molecule has 0 aromatic carbocycles. The fraction of sp³-hybridized carbons (Fsp3) is 0.725. The van der Waals surface area contributed by atoms with Gasteiger partial charge in [0.15, 0.2) is 6.10 Å². The second-order valence-corrected chi connectivity index (χ2v) is 17.4. The molecule has 3 N–H and O–H groups in total. The highest BCUT2D eigenvalue weighted by Crippen LogP contribution is 2.43. The Balaban J connectivity index is 4.14. The number of hydrogen-bond acceptors (Lipinski definition) is 8. The van der Waals surface area contributed by atoms with E-state index in [1.165, 1.54) is 103 Å². The monoisotopic (exact) mass is 876 g/mol. The van der Waals surface area contributed by atoms with E-state index >= 15 is 0 Å². The Morgan fingerprint density at radius 1 is 0.508 bits per heavy atom. The number of ether oxygens (including phenoxy) is 2. The van der Waals surface area contributed by atoms with Crippen molar-refractivity contribution in [2.24, 2.45) is 5.73 Å². The van der Waals surface area contributed by atoms with E-state index < -0.39 is 32.5 Å². The molecule has 0 bridgehead atoms. The standard InChI is InChI=1S/C51H90NO8P/c1-3-5-7-9-11-13-15-17-19-21-23-24-26-27-29-31-33-35-37-39-41-43-50(53)57-47-49(48-59-61(55,56)58-46-45-52)60-51(54)44-42-40-38-36-34-32-30-28-25-22-20-18-16-14-12-10-8-6-4-2/h6,8,12,14,17-20,25,28,32,34,49H,3-5,7,9-11,13,15-16,21-24,26-27,29-31,33,35-48,52H2,1-2H3,(H,55,56)/b8-6+,14-12+,19-17+,20-18+,28-25+,34-32+/t49-/m1/s1. The van der Waals surface area contributed by atoms with E-state index in [2.05, 4.69) is 86.8 Å². The maximum absolute atomic E-state index is 12.6. The van der Waals surface area contributed by atoms with Crippen LogP contribution in [0.4, 0.5) is 0 Å². The molecule has 0 aliphatic carbocycles. The highest BCUT2D eigenvalue weighted by molar-refractivity contribution is 7.47. The van der Waals surface area contributed by atoms with Gasteiger partial charge < -0.3 is 20.1 Å². The van der Waals surface area contributed by atoms with Gasteiger partial charge in [-0.15, -0.1) is 0 Å². The Hall–Kier alpha value is -2.55. The predicted octanol–water partition coefficient (Wildman–Crippen LogP) is 14.6. The first kappa shape index (κ1) is 58.5. The summed E-state index contributed by atoms with van der Waals surface area (Å²) in [5, 5.41) is 0. The van der Waals surface area contributed by atoms with Gasteiger partial charge in [0.05, 0.1) is 13.2 Å². The van der Waals surface area contributed by atoms with E-state index in [-0.39, 0.29) is 32.6 Å². The molecule has 0 heterocycles. The topological polar surface area (TPSA) is 134 Å². The lowest BCUT2D eigenvalue weighted by atomic mass is 10.0. The first-order valence-electron chi connectivity index (χ1n) is 24.4. The molecule has 0 aliphatic rings. The summed E-state index contributed by atoms with van der Waals surface area (Å²) in [6.07, 6.45) is 57.9. The Kier molecular flexibility index (Phi) is 45.0. The van der Waals surface area contributed by atoms with Gasteiger partial charge in [-0.1, -0.05) is 183 Å². The average molecular weight is 876 g/mol. The third-order valence-corrected chi connectivity index (χ3v) is 11.1. The minimum absolute atomic E-state index is 0.0445. The summed E-state index contributed by atoms with van der Waals surface area (Å²) in [5.41, 5.74) is 5.36. The molecule has 0 rings (SSSR count). The van der Waals surface area contributed by atoms with Crippen molar-refractivity contribution in [3.63, 3.8) is 0 Å². The SMILES string of the molecule is CC/C=C/C/C=C/C/C=C/C/C=C/C/C=C/CCCCCC(=O)O[C@H](COC(=O)CCCCCCCCCCCCC/C=C/CCCCCCCC)COP(=O)(O)OCCN. The molecule has 0 saturated carbocycles. The van der Waals surface area contributed by atoms with Crippen molar-refractivity contribution in [1.82, 2.24) is 0 Å². The van der Waals surface area contributed by atoms with E-state index in [0.717, 1.165) is 70.6 Å². The lowest BCUT2D eigenvalue weighted by Gasteiger charge is -2.19. The van der Waals surface area contributed by atoms with Crippen molar-refractivity contribution in [1.29, 1.82) is 0 Å². The first-order valence-corrected chi connectivity index (χ1v) is 25.9. The molecule has 0 aromatic heterocycles. The number of esters is 2. The Morgan fingerprint density at radius 3 is 1.38 bits per heavy atom. The van der Waals surface area contributed by atoms with E-state index in [1.54, 1.807) is 0 Å². The smallest absolute Gasteiger partial charge is 0.462 e. The molecule has 1 unspecified atom stereocenters. The van der Waals surface area contributed by atoms with Crippen LogP contribution in [0.15, 0.2) is 72.9 Å². The Bertz CT molecular complexity index is 1230. The molecule has 0 fully saturated rings. The number of unbranched alkanes of at least 4 members (excludes halogenated alkanes) is 20. The van der Waals surface area contributed by atoms with Gasteiger partial charge in [0.2, 0.25) is 0 Å². The number of phosphoric acid groups is 1. The summed E-state index contributed by atoms with van der Waals surface area (Å²) < 4.78 is 32.9. The van der Waals surface area contributed by atoms with Gasteiger partial charge in [0.25, 0.3) is 0 Å². The van der Waals surface area contributed by atoms with Crippen LogP contribution >= 0.6 is 7.82 Å². The molecule has 61 heavy (non-hydrogen) atoms. The van der Waals surface area contributed by atoms with Gasteiger partial charge in [-0.05, 0) is 83.5 Å². The average Bonchev–Trinajstić information content (AvgIpc) is 3.25. The summed E-state index contributed by atoms with van der Waals surface area (Å²) in [5.74, 6) is -0.868. The molecule has 0 aliphatic heterocycles. The van der Waals surface area contributed by atoms with Gasteiger partial charge in [0, 0.05) is 19.4 Å². The number of allylic oxidation sites excluding steroid dienone is 12. The molecule has 0 aromatic rings. The normalized spacial score (nSPS) is 13.8. The van der Waals surface area contributed by atoms with Crippen molar-refractivity contribution in [2.45, 2.75) is 213 Å². The van der Waals surface area contributed by atoms with E-state index in [4.69, 9.17) is 24.3 Å². The predicted molar refractivity (Wildman–Crippen MR) is 256 cm³/mol. The van der Waals surface area contributed by atoms with Crippen LogP contribution in [0, 0.1) is 0 Å². The lowest BCUT2D eigenvalue weighted by molar-refractivity contribution is -0.161. The molecule has 9 nitrogen and oxygen atoms in total. The van der Waals surface area contributed by atoms with Crippen molar-refractivity contribution < 1.29 is 37.6 Å². The first-order chi connectivity index (χ1) is 29.8. The van der Waals surface area contributed by atoms with E-state index in [1.807, 2.05) is 0 Å². The van der Waals surface area contributed by atoms with Crippen LogP contribution < -0.4 is 5.73 Å². The fourth-order valence-corrected chi connectivity index (χ4v) is 7.24. The van der Waals surface area contributed by atoms with Crippen LogP contribution in [0.25, 0.3) is 0 Å². The number of nitrogens with two attached hydrogens (primary N) is 1. The highest BCUT2D eigenvalue weighted by Gasteiger charge is 2.26. The zero-order chi connectivity index (χ0) is 44.6. The molecule has 0 radical (unpaired) electrons.